The van der Waals surface area contributed by atoms with Crippen LogP contribution in [0.2, 0.25) is 0 Å². The lowest BCUT2D eigenvalue weighted by Crippen LogP contribution is -2.42. The SMILES string of the molecule is CC(C)(C)C(=O)N1CCCc2cc(C(O)CN3CCOCC3)ccc21. The van der Waals surface area contributed by atoms with Crippen LogP contribution in [0.25, 0.3) is 0 Å². The van der Waals surface area contributed by atoms with Gasteiger partial charge in [-0.3, -0.25) is 9.69 Å². The molecule has 138 valence electrons. The van der Waals surface area contributed by atoms with E-state index in [2.05, 4.69) is 11.0 Å². The first-order valence-electron chi connectivity index (χ1n) is 9.29. The Hall–Kier alpha value is -1.43. The molecule has 1 fully saturated rings. The quantitative estimate of drug-likeness (QED) is 0.913. The summed E-state index contributed by atoms with van der Waals surface area (Å²) in [5.41, 5.74) is 2.73. The van der Waals surface area contributed by atoms with E-state index in [1.807, 2.05) is 37.8 Å². The van der Waals surface area contributed by atoms with Gasteiger partial charge in [-0.05, 0) is 30.0 Å². The predicted octanol–water partition coefficient (Wildman–Crippen LogP) is 2.38. The molecule has 2 heterocycles. The number of β-amino-alcohol motifs (C(OH)–C–C–N with tert-alkyl or cyclic N) is 1. The van der Waals surface area contributed by atoms with Gasteiger partial charge in [0, 0.05) is 37.3 Å². The number of nitrogens with zero attached hydrogens (tertiary/aromatic N) is 2. The molecule has 5 heteroatoms. The number of hydrogen-bond acceptors (Lipinski definition) is 4. The Balaban J connectivity index is 1.76. The lowest BCUT2D eigenvalue weighted by atomic mass is 9.91. The van der Waals surface area contributed by atoms with Crippen LogP contribution in [0.3, 0.4) is 0 Å². The zero-order valence-corrected chi connectivity index (χ0v) is 15.6. The van der Waals surface area contributed by atoms with Gasteiger partial charge in [0.15, 0.2) is 0 Å². The Morgan fingerprint density at radius 3 is 2.64 bits per heavy atom. The maximum absolute atomic E-state index is 12.7. The monoisotopic (exact) mass is 346 g/mol. The van der Waals surface area contributed by atoms with Gasteiger partial charge in [0.2, 0.25) is 5.91 Å². The zero-order valence-electron chi connectivity index (χ0n) is 15.6. The van der Waals surface area contributed by atoms with Gasteiger partial charge in [-0.15, -0.1) is 0 Å². The minimum absolute atomic E-state index is 0.162. The fourth-order valence-corrected chi connectivity index (χ4v) is 3.57. The molecule has 1 saturated heterocycles. The van der Waals surface area contributed by atoms with Gasteiger partial charge in [-0.2, -0.15) is 0 Å². The van der Waals surface area contributed by atoms with E-state index in [1.165, 1.54) is 5.56 Å². The first-order chi connectivity index (χ1) is 11.9. The molecule has 3 rings (SSSR count). The number of carbonyl (C=O) groups excluding carboxylic acids is 1. The van der Waals surface area contributed by atoms with Crippen LogP contribution in [0, 0.1) is 5.41 Å². The Morgan fingerprint density at radius 1 is 1.24 bits per heavy atom. The highest BCUT2D eigenvalue weighted by atomic mass is 16.5. The maximum atomic E-state index is 12.7. The van der Waals surface area contributed by atoms with Crippen molar-refractivity contribution < 1.29 is 14.6 Å². The first-order valence-corrected chi connectivity index (χ1v) is 9.29. The number of carbonyl (C=O) groups is 1. The fourth-order valence-electron chi connectivity index (χ4n) is 3.57. The summed E-state index contributed by atoms with van der Waals surface area (Å²) in [7, 11) is 0. The molecule has 2 aliphatic heterocycles. The van der Waals surface area contributed by atoms with E-state index in [-0.39, 0.29) is 11.3 Å². The van der Waals surface area contributed by atoms with E-state index >= 15 is 0 Å². The van der Waals surface area contributed by atoms with Crippen LogP contribution < -0.4 is 4.90 Å². The third kappa shape index (κ3) is 4.22. The topological polar surface area (TPSA) is 53.0 Å². The van der Waals surface area contributed by atoms with Crippen LogP contribution in [0.5, 0.6) is 0 Å². The van der Waals surface area contributed by atoms with E-state index in [4.69, 9.17) is 4.74 Å². The molecule has 1 amide bonds. The molecule has 1 atom stereocenters. The number of aliphatic hydroxyl groups excluding tert-OH is 1. The van der Waals surface area contributed by atoms with Gasteiger partial charge < -0.3 is 14.7 Å². The number of ether oxygens (including phenoxy) is 1. The van der Waals surface area contributed by atoms with Gasteiger partial charge in [0.25, 0.3) is 0 Å². The summed E-state index contributed by atoms with van der Waals surface area (Å²) in [6, 6.07) is 6.07. The highest BCUT2D eigenvalue weighted by molar-refractivity contribution is 5.98. The van der Waals surface area contributed by atoms with Crippen LogP contribution in [-0.4, -0.2) is 55.3 Å². The number of amides is 1. The molecule has 1 N–H and O–H groups in total. The second-order valence-electron chi connectivity index (χ2n) is 8.13. The molecular formula is C20H30N2O3. The summed E-state index contributed by atoms with van der Waals surface area (Å²) < 4.78 is 5.36. The normalized spacial score (nSPS) is 20.2. The van der Waals surface area contributed by atoms with Crippen molar-refractivity contribution in [1.29, 1.82) is 0 Å². The first kappa shape index (κ1) is 18.4. The molecule has 0 aliphatic carbocycles. The number of anilines is 1. The number of benzene rings is 1. The number of rotatable bonds is 3. The predicted molar refractivity (Wildman–Crippen MR) is 98.8 cm³/mol. The number of fused-ring (bicyclic) bond motifs is 1. The van der Waals surface area contributed by atoms with Crippen LogP contribution >= 0.6 is 0 Å². The molecule has 1 aromatic rings. The Kier molecular flexibility index (Phi) is 5.46. The van der Waals surface area contributed by atoms with Crippen molar-refractivity contribution in [2.24, 2.45) is 5.41 Å². The standard InChI is InChI=1S/C20H30N2O3/c1-20(2,3)19(24)22-8-4-5-15-13-16(6-7-17(15)22)18(23)14-21-9-11-25-12-10-21/h6-7,13,18,23H,4-5,8-12,14H2,1-3H3. The minimum Gasteiger partial charge on any atom is -0.387 e. The number of aliphatic hydroxyl groups is 1. The number of hydrogen-bond donors (Lipinski definition) is 1. The van der Waals surface area contributed by atoms with Crippen molar-refractivity contribution in [2.45, 2.75) is 39.7 Å². The van der Waals surface area contributed by atoms with Crippen molar-refractivity contribution in [2.75, 3.05) is 44.3 Å². The highest BCUT2D eigenvalue weighted by Gasteiger charge is 2.31. The largest absolute Gasteiger partial charge is 0.387 e. The molecule has 0 spiro atoms. The second-order valence-corrected chi connectivity index (χ2v) is 8.13. The highest BCUT2D eigenvalue weighted by Crippen LogP contribution is 2.33. The fraction of sp³-hybridized carbons (Fsp3) is 0.650. The van der Waals surface area contributed by atoms with E-state index < -0.39 is 6.10 Å². The molecular weight excluding hydrogens is 316 g/mol. The summed E-state index contributed by atoms with van der Waals surface area (Å²) in [6.45, 7) is 10.5. The summed E-state index contributed by atoms with van der Waals surface area (Å²) in [6.07, 6.45) is 1.43. The molecule has 0 saturated carbocycles. The average molecular weight is 346 g/mol. The van der Waals surface area contributed by atoms with Crippen LogP contribution in [0.4, 0.5) is 5.69 Å². The second kappa shape index (κ2) is 7.44. The van der Waals surface area contributed by atoms with Crippen LogP contribution in [0.1, 0.15) is 44.4 Å². The molecule has 1 aromatic carbocycles. The van der Waals surface area contributed by atoms with E-state index in [1.54, 1.807) is 0 Å². The van der Waals surface area contributed by atoms with Gasteiger partial charge in [0.1, 0.15) is 0 Å². The lowest BCUT2D eigenvalue weighted by Gasteiger charge is -2.35. The van der Waals surface area contributed by atoms with Crippen molar-refractivity contribution in [1.82, 2.24) is 4.90 Å². The molecule has 0 bridgehead atoms. The number of morpholine rings is 1. The number of aryl methyl sites for hydroxylation is 1. The smallest absolute Gasteiger partial charge is 0.232 e. The summed E-state index contributed by atoms with van der Waals surface area (Å²) >= 11 is 0. The Morgan fingerprint density at radius 2 is 1.96 bits per heavy atom. The van der Waals surface area contributed by atoms with Gasteiger partial charge in [-0.25, -0.2) is 0 Å². The average Bonchev–Trinajstić information content (AvgIpc) is 2.60. The van der Waals surface area contributed by atoms with Gasteiger partial charge in [-0.1, -0.05) is 32.9 Å². The summed E-state index contributed by atoms with van der Waals surface area (Å²) in [4.78, 5) is 16.9. The van der Waals surface area contributed by atoms with E-state index in [0.29, 0.717) is 6.54 Å². The summed E-state index contributed by atoms with van der Waals surface area (Å²) in [5, 5.41) is 10.6. The minimum atomic E-state index is -0.503. The van der Waals surface area contributed by atoms with Gasteiger partial charge >= 0.3 is 0 Å². The molecule has 25 heavy (non-hydrogen) atoms. The molecule has 0 radical (unpaired) electrons. The Bertz CT molecular complexity index is 618. The zero-order chi connectivity index (χ0) is 18.0. The van der Waals surface area contributed by atoms with Crippen molar-refractivity contribution in [3.05, 3.63) is 29.3 Å². The third-order valence-electron chi connectivity index (χ3n) is 5.03. The maximum Gasteiger partial charge on any atom is 0.232 e. The molecule has 0 aromatic heterocycles. The van der Waals surface area contributed by atoms with E-state index in [0.717, 1.165) is 56.9 Å². The molecule has 1 unspecified atom stereocenters. The lowest BCUT2D eigenvalue weighted by molar-refractivity contribution is -0.125. The van der Waals surface area contributed by atoms with Crippen molar-refractivity contribution in [3.8, 4) is 0 Å². The van der Waals surface area contributed by atoms with Crippen LogP contribution in [-0.2, 0) is 16.0 Å². The summed E-state index contributed by atoms with van der Waals surface area (Å²) in [5.74, 6) is 0.162. The van der Waals surface area contributed by atoms with Crippen molar-refractivity contribution in [3.63, 3.8) is 0 Å². The molecule has 2 aliphatic rings. The Labute approximate surface area is 150 Å². The van der Waals surface area contributed by atoms with Crippen LogP contribution in [0.15, 0.2) is 18.2 Å². The van der Waals surface area contributed by atoms with Crippen molar-refractivity contribution >= 4 is 11.6 Å². The third-order valence-corrected chi connectivity index (χ3v) is 5.03. The van der Waals surface area contributed by atoms with Gasteiger partial charge in [0.05, 0.1) is 19.3 Å². The molecule has 5 nitrogen and oxygen atoms in total. The van der Waals surface area contributed by atoms with E-state index in [9.17, 15) is 9.90 Å².